The van der Waals surface area contributed by atoms with Gasteiger partial charge in [-0.05, 0) is 18.2 Å². The van der Waals surface area contributed by atoms with Gasteiger partial charge in [0.25, 0.3) is 0 Å². The molecular weight excluding hydrogens is 344 g/mol. The number of rotatable bonds is 4. The summed E-state index contributed by atoms with van der Waals surface area (Å²) in [5, 5.41) is 2.42. The normalized spacial score (nSPS) is 12.6. The van der Waals surface area contributed by atoms with Crippen LogP contribution in [-0.4, -0.2) is 19.5 Å². The number of benzene rings is 1. The molecule has 0 aliphatic rings. The second-order valence-electron chi connectivity index (χ2n) is 3.45. The van der Waals surface area contributed by atoms with Crippen molar-refractivity contribution in [3.63, 3.8) is 0 Å². The van der Waals surface area contributed by atoms with E-state index in [1.807, 2.05) is 0 Å². The minimum atomic E-state index is -4.75. The van der Waals surface area contributed by atoms with Crippen LogP contribution in [-0.2, 0) is 10.9 Å². The predicted octanol–water partition coefficient (Wildman–Crippen LogP) is 4.42. The van der Waals surface area contributed by atoms with Gasteiger partial charge in [-0.2, -0.15) is 13.2 Å². The molecule has 0 radical (unpaired) electrons. The SMILES string of the molecule is FC(F)(F)OCCNc1cc(Br)cc(C(F)(F)F)c1. The van der Waals surface area contributed by atoms with Crippen molar-refractivity contribution in [2.75, 3.05) is 18.5 Å². The van der Waals surface area contributed by atoms with E-state index in [2.05, 4.69) is 26.0 Å². The highest BCUT2D eigenvalue weighted by atomic mass is 79.9. The minimum absolute atomic E-state index is 0.0486. The highest BCUT2D eigenvalue weighted by Crippen LogP contribution is 2.33. The molecule has 1 N–H and O–H groups in total. The van der Waals surface area contributed by atoms with Crippen molar-refractivity contribution in [3.8, 4) is 0 Å². The minimum Gasteiger partial charge on any atom is -0.383 e. The van der Waals surface area contributed by atoms with E-state index in [-0.39, 0.29) is 16.7 Å². The molecule has 0 saturated carbocycles. The van der Waals surface area contributed by atoms with Gasteiger partial charge in [0.1, 0.15) is 0 Å². The van der Waals surface area contributed by atoms with Gasteiger partial charge >= 0.3 is 12.5 Å². The molecule has 0 bridgehead atoms. The zero-order chi connectivity index (χ0) is 14.7. The van der Waals surface area contributed by atoms with Gasteiger partial charge in [-0.3, -0.25) is 4.74 Å². The molecule has 0 heterocycles. The van der Waals surface area contributed by atoms with Gasteiger partial charge in [0, 0.05) is 16.7 Å². The Labute approximate surface area is 112 Å². The maximum absolute atomic E-state index is 12.5. The van der Waals surface area contributed by atoms with Gasteiger partial charge in [-0.1, -0.05) is 15.9 Å². The van der Waals surface area contributed by atoms with Crippen LogP contribution >= 0.6 is 15.9 Å². The molecule has 0 aromatic heterocycles. The van der Waals surface area contributed by atoms with Crippen LogP contribution in [0, 0.1) is 0 Å². The summed E-state index contributed by atoms with van der Waals surface area (Å²) in [7, 11) is 0. The number of halogens is 7. The fraction of sp³-hybridized carbons (Fsp3) is 0.400. The molecule has 19 heavy (non-hydrogen) atoms. The Morgan fingerprint density at radius 3 is 2.21 bits per heavy atom. The summed E-state index contributed by atoms with van der Waals surface area (Å²) in [6.45, 7) is -0.968. The number of hydrogen-bond donors (Lipinski definition) is 1. The molecule has 108 valence electrons. The third-order valence-electron chi connectivity index (χ3n) is 1.92. The number of hydrogen-bond acceptors (Lipinski definition) is 2. The number of nitrogens with one attached hydrogen (secondary N) is 1. The monoisotopic (exact) mass is 351 g/mol. The van der Waals surface area contributed by atoms with Crippen LogP contribution in [0.25, 0.3) is 0 Å². The van der Waals surface area contributed by atoms with E-state index in [0.29, 0.717) is 0 Å². The standard InChI is InChI=1S/C10H8BrF6NO/c11-7-3-6(9(12,13)14)4-8(5-7)18-1-2-19-10(15,16)17/h3-5,18H,1-2H2. The molecule has 0 atom stereocenters. The first-order valence-corrected chi connectivity index (χ1v) is 5.69. The molecule has 1 aromatic rings. The van der Waals surface area contributed by atoms with Crippen LogP contribution in [0.15, 0.2) is 22.7 Å². The maximum Gasteiger partial charge on any atom is 0.522 e. The van der Waals surface area contributed by atoms with Gasteiger partial charge in [0.15, 0.2) is 0 Å². The molecule has 1 aromatic carbocycles. The summed E-state index contributed by atoms with van der Waals surface area (Å²) in [5.41, 5.74) is -0.853. The molecule has 2 nitrogen and oxygen atoms in total. The second kappa shape index (κ2) is 6.00. The fourth-order valence-electron chi connectivity index (χ4n) is 1.22. The van der Waals surface area contributed by atoms with Crippen molar-refractivity contribution in [2.45, 2.75) is 12.5 Å². The molecule has 9 heteroatoms. The Bertz CT molecular complexity index is 431. The Kier molecular flexibility index (Phi) is 5.08. The van der Waals surface area contributed by atoms with Gasteiger partial charge < -0.3 is 5.32 Å². The lowest BCUT2D eigenvalue weighted by atomic mass is 10.2. The van der Waals surface area contributed by atoms with Gasteiger partial charge in [0.05, 0.1) is 12.2 Å². The molecule has 0 aliphatic heterocycles. The molecule has 1 rings (SSSR count). The third kappa shape index (κ3) is 6.15. The van der Waals surface area contributed by atoms with Crippen molar-refractivity contribution in [2.24, 2.45) is 0 Å². The van der Waals surface area contributed by atoms with E-state index in [0.717, 1.165) is 12.1 Å². The Morgan fingerprint density at radius 1 is 1.05 bits per heavy atom. The van der Waals surface area contributed by atoms with Crippen molar-refractivity contribution in [3.05, 3.63) is 28.2 Å². The molecule has 0 spiro atoms. The summed E-state index contributed by atoms with van der Waals surface area (Å²) in [5.74, 6) is 0. The molecule has 0 fully saturated rings. The molecular formula is C10H8BrF6NO. The summed E-state index contributed by atoms with van der Waals surface area (Å²) in [4.78, 5) is 0. The summed E-state index contributed by atoms with van der Waals surface area (Å²) in [6, 6.07) is 3.00. The molecule has 0 unspecified atom stereocenters. The Hall–Kier alpha value is -0.960. The van der Waals surface area contributed by atoms with Crippen LogP contribution in [0.2, 0.25) is 0 Å². The van der Waals surface area contributed by atoms with Crippen molar-refractivity contribution < 1.29 is 31.1 Å². The largest absolute Gasteiger partial charge is 0.522 e. The quantitative estimate of drug-likeness (QED) is 0.640. The first kappa shape index (κ1) is 16.1. The molecule has 0 saturated heterocycles. The topological polar surface area (TPSA) is 21.3 Å². The van der Waals surface area contributed by atoms with Crippen molar-refractivity contribution in [1.82, 2.24) is 0 Å². The summed E-state index contributed by atoms with van der Waals surface area (Å²) >= 11 is 2.89. The van der Waals surface area contributed by atoms with E-state index in [4.69, 9.17) is 0 Å². The average Bonchev–Trinajstić information content (AvgIpc) is 2.21. The first-order chi connectivity index (χ1) is 8.58. The second-order valence-corrected chi connectivity index (χ2v) is 4.36. The zero-order valence-electron chi connectivity index (χ0n) is 9.20. The van der Waals surface area contributed by atoms with Gasteiger partial charge in [-0.15, -0.1) is 13.2 Å². The van der Waals surface area contributed by atoms with Crippen LogP contribution in [0.3, 0.4) is 0 Å². The van der Waals surface area contributed by atoms with Gasteiger partial charge in [0.2, 0.25) is 0 Å². The van der Waals surface area contributed by atoms with E-state index in [9.17, 15) is 26.3 Å². The zero-order valence-corrected chi connectivity index (χ0v) is 10.8. The van der Waals surface area contributed by atoms with E-state index < -0.39 is 24.7 Å². The highest BCUT2D eigenvalue weighted by molar-refractivity contribution is 9.10. The van der Waals surface area contributed by atoms with E-state index >= 15 is 0 Å². The van der Waals surface area contributed by atoms with Crippen LogP contribution in [0.5, 0.6) is 0 Å². The molecule has 0 aliphatic carbocycles. The predicted molar refractivity (Wildman–Crippen MR) is 59.6 cm³/mol. The average molecular weight is 352 g/mol. The third-order valence-corrected chi connectivity index (χ3v) is 2.38. The lowest BCUT2D eigenvalue weighted by Gasteiger charge is -2.12. The Morgan fingerprint density at radius 2 is 1.68 bits per heavy atom. The first-order valence-electron chi connectivity index (χ1n) is 4.90. The number of alkyl halides is 6. The van der Waals surface area contributed by atoms with Crippen molar-refractivity contribution in [1.29, 1.82) is 0 Å². The van der Waals surface area contributed by atoms with E-state index in [1.165, 1.54) is 6.07 Å². The van der Waals surface area contributed by atoms with Crippen LogP contribution in [0.1, 0.15) is 5.56 Å². The fourth-order valence-corrected chi connectivity index (χ4v) is 1.71. The summed E-state index contributed by atoms with van der Waals surface area (Å²) in [6.07, 6.45) is -9.28. The van der Waals surface area contributed by atoms with E-state index in [1.54, 1.807) is 0 Å². The lowest BCUT2D eigenvalue weighted by molar-refractivity contribution is -0.322. The number of anilines is 1. The van der Waals surface area contributed by atoms with Crippen molar-refractivity contribution >= 4 is 21.6 Å². The Balaban J connectivity index is 2.62. The molecule has 0 amide bonds. The lowest BCUT2D eigenvalue weighted by Crippen LogP contribution is -2.19. The van der Waals surface area contributed by atoms with Gasteiger partial charge in [-0.25, -0.2) is 0 Å². The van der Waals surface area contributed by atoms with Crippen LogP contribution < -0.4 is 5.32 Å². The maximum atomic E-state index is 12.5. The smallest absolute Gasteiger partial charge is 0.383 e. The number of ether oxygens (including phenoxy) is 1. The summed E-state index contributed by atoms with van der Waals surface area (Å²) < 4.78 is 76.0. The van der Waals surface area contributed by atoms with Crippen LogP contribution in [0.4, 0.5) is 32.0 Å². The highest BCUT2D eigenvalue weighted by Gasteiger charge is 2.31.